The monoisotopic (exact) mass is 536 g/mol. The Morgan fingerprint density at radius 2 is 1.54 bits per heavy atom. The number of nitrogens with two attached hydrogens (primary N) is 1. The van der Waals surface area contributed by atoms with Gasteiger partial charge in [0.25, 0.3) is 11.8 Å². The Morgan fingerprint density at radius 1 is 0.897 bits per heavy atom. The van der Waals surface area contributed by atoms with E-state index in [1.54, 1.807) is 36.4 Å². The molecule has 2 N–H and O–H groups in total. The first-order valence-corrected chi connectivity index (χ1v) is 12.3. The van der Waals surface area contributed by atoms with E-state index >= 15 is 0 Å². The maximum atomic E-state index is 14.1. The Labute approximate surface area is 221 Å². The number of likely N-dealkylation sites (tertiary alicyclic amines) is 1. The second-order valence-corrected chi connectivity index (χ2v) is 9.68. The molecular weight excluding hydrogens is 512 g/mol. The van der Waals surface area contributed by atoms with E-state index in [-0.39, 0.29) is 49.4 Å². The van der Waals surface area contributed by atoms with E-state index in [1.807, 2.05) is 6.07 Å². The van der Waals surface area contributed by atoms with E-state index in [4.69, 9.17) is 10.2 Å². The third-order valence-electron chi connectivity index (χ3n) is 6.82. The van der Waals surface area contributed by atoms with Gasteiger partial charge in [-0.25, -0.2) is 17.6 Å². The molecule has 39 heavy (non-hydrogen) atoms. The molecule has 0 aliphatic carbocycles. The predicted molar refractivity (Wildman–Crippen MR) is 139 cm³/mol. The third kappa shape index (κ3) is 5.57. The summed E-state index contributed by atoms with van der Waals surface area (Å²) >= 11 is 0. The molecule has 0 spiro atoms. The number of carbonyl (C=O) groups is 2. The molecule has 0 saturated carbocycles. The van der Waals surface area contributed by atoms with Crippen LogP contribution in [0.3, 0.4) is 0 Å². The molecule has 1 fully saturated rings. The average Bonchev–Trinajstić information content (AvgIpc) is 3.29. The lowest BCUT2D eigenvalue weighted by atomic mass is 9.95. The number of halogens is 4. The first-order valence-electron chi connectivity index (χ1n) is 12.3. The summed E-state index contributed by atoms with van der Waals surface area (Å²) in [4.78, 5) is 25.7. The fraction of sp³-hybridized carbons (Fsp3) is 0.200. The van der Waals surface area contributed by atoms with Gasteiger partial charge in [-0.3, -0.25) is 9.59 Å². The number of rotatable bonds is 6. The van der Waals surface area contributed by atoms with Gasteiger partial charge in [0.2, 0.25) is 5.91 Å². The van der Waals surface area contributed by atoms with Crippen LogP contribution < -0.4 is 5.73 Å². The number of alkyl halides is 2. The Hall–Kier alpha value is -4.40. The minimum absolute atomic E-state index is 0.0111. The van der Waals surface area contributed by atoms with Gasteiger partial charge < -0.3 is 15.1 Å². The summed E-state index contributed by atoms with van der Waals surface area (Å²) in [6.45, 7) is 3.63. The molecule has 5 rings (SSSR count). The molecule has 9 heteroatoms. The highest BCUT2D eigenvalue weighted by Crippen LogP contribution is 2.37. The maximum absolute atomic E-state index is 14.1. The van der Waals surface area contributed by atoms with Crippen LogP contribution in [-0.2, 0) is 11.2 Å². The van der Waals surface area contributed by atoms with Crippen LogP contribution in [0.2, 0.25) is 0 Å². The topological polar surface area (TPSA) is 76.5 Å². The smallest absolute Gasteiger partial charge is 0.253 e. The first kappa shape index (κ1) is 26.2. The van der Waals surface area contributed by atoms with Crippen molar-refractivity contribution in [1.29, 1.82) is 0 Å². The van der Waals surface area contributed by atoms with Crippen LogP contribution in [0.5, 0.6) is 0 Å². The number of carbonyl (C=O) groups excluding carboxylic acids is 2. The van der Waals surface area contributed by atoms with Crippen molar-refractivity contribution < 1.29 is 31.6 Å². The minimum atomic E-state index is -2.75. The van der Waals surface area contributed by atoms with Crippen molar-refractivity contribution in [2.75, 3.05) is 13.1 Å². The number of nitrogens with zero attached hydrogens (tertiary/aromatic N) is 1. The number of piperidine rings is 1. The first-order chi connectivity index (χ1) is 18.5. The minimum Gasteiger partial charge on any atom is -0.460 e. The summed E-state index contributed by atoms with van der Waals surface area (Å²) in [5, 5.41) is 0.619. The molecule has 1 aliphatic rings. The van der Waals surface area contributed by atoms with Crippen molar-refractivity contribution in [3.63, 3.8) is 0 Å². The lowest BCUT2D eigenvalue weighted by Gasteiger charge is -2.31. The molecule has 1 aromatic heterocycles. The van der Waals surface area contributed by atoms with Gasteiger partial charge in [0.1, 0.15) is 23.0 Å². The molecule has 1 saturated heterocycles. The van der Waals surface area contributed by atoms with Crippen molar-refractivity contribution in [1.82, 2.24) is 4.90 Å². The standard InChI is InChI=1S/C30H24F4N2O3/c1-17(28(35)37)10-25-14-22-11-20(15-26(27(22)39-25)21-12-23(31)16-24(32)13-21)18-2-4-19(5-3-18)29(38)36-8-6-30(33,34)7-9-36/h2-5,11-16H,1,6-10H2,(H2,35,37). The zero-order valence-corrected chi connectivity index (χ0v) is 20.8. The van der Waals surface area contributed by atoms with Crippen LogP contribution in [0.1, 0.15) is 29.0 Å². The largest absolute Gasteiger partial charge is 0.460 e. The van der Waals surface area contributed by atoms with Crippen molar-refractivity contribution >= 4 is 22.8 Å². The number of amides is 2. The molecule has 0 bridgehead atoms. The van der Waals surface area contributed by atoms with Crippen molar-refractivity contribution in [3.8, 4) is 22.3 Å². The van der Waals surface area contributed by atoms with Gasteiger partial charge >= 0.3 is 0 Å². The second kappa shape index (κ2) is 10.1. The van der Waals surface area contributed by atoms with Gasteiger partial charge in [-0.05, 0) is 59.2 Å². The van der Waals surface area contributed by atoms with E-state index < -0.39 is 23.5 Å². The fourth-order valence-corrected chi connectivity index (χ4v) is 4.71. The Kier molecular flexibility index (Phi) is 6.76. The second-order valence-electron chi connectivity index (χ2n) is 9.68. The van der Waals surface area contributed by atoms with Gasteiger partial charge in [-0.2, -0.15) is 0 Å². The van der Waals surface area contributed by atoms with E-state index in [1.165, 1.54) is 17.0 Å². The van der Waals surface area contributed by atoms with E-state index in [0.717, 1.165) is 6.07 Å². The number of hydrogen-bond acceptors (Lipinski definition) is 3. The fourth-order valence-electron chi connectivity index (χ4n) is 4.71. The van der Waals surface area contributed by atoms with Crippen LogP contribution >= 0.6 is 0 Å². The molecule has 0 radical (unpaired) electrons. The summed E-state index contributed by atoms with van der Waals surface area (Å²) in [7, 11) is 0. The van der Waals surface area contributed by atoms with Crippen molar-refractivity contribution in [2.45, 2.75) is 25.2 Å². The highest BCUT2D eigenvalue weighted by molar-refractivity contribution is 5.98. The summed E-state index contributed by atoms with van der Waals surface area (Å²) < 4.78 is 61.1. The predicted octanol–water partition coefficient (Wildman–Crippen LogP) is 6.50. The number of benzene rings is 3. The Balaban J connectivity index is 1.52. The zero-order chi connectivity index (χ0) is 27.9. The molecule has 3 aromatic carbocycles. The molecular formula is C30H24F4N2O3. The average molecular weight is 537 g/mol. The van der Waals surface area contributed by atoms with Crippen LogP contribution in [0.25, 0.3) is 33.2 Å². The van der Waals surface area contributed by atoms with Crippen LogP contribution in [0.4, 0.5) is 17.6 Å². The van der Waals surface area contributed by atoms with Gasteiger partial charge in [-0.1, -0.05) is 18.7 Å². The SMILES string of the molecule is C=C(Cc1cc2cc(-c3ccc(C(=O)N4CCC(F)(F)CC4)cc3)cc(-c3cc(F)cc(F)c3)c2o1)C(N)=O. The Morgan fingerprint density at radius 3 is 2.15 bits per heavy atom. The van der Waals surface area contributed by atoms with Gasteiger partial charge in [-0.15, -0.1) is 0 Å². The number of fused-ring (bicyclic) bond motifs is 1. The highest BCUT2D eigenvalue weighted by Gasteiger charge is 2.35. The van der Waals surface area contributed by atoms with Crippen molar-refractivity contribution in [3.05, 3.63) is 95.8 Å². The molecule has 0 atom stereocenters. The number of hydrogen-bond donors (Lipinski definition) is 1. The number of furan rings is 1. The van der Waals surface area contributed by atoms with E-state index in [0.29, 0.717) is 39.0 Å². The van der Waals surface area contributed by atoms with Gasteiger partial charge in [0.15, 0.2) is 0 Å². The maximum Gasteiger partial charge on any atom is 0.253 e. The van der Waals surface area contributed by atoms with Crippen LogP contribution in [-0.4, -0.2) is 35.7 Å². The molecule has 200 valence electrons. The molecule has 5 nitrogen and oxygen atoms in total. The van der Waals surface area contributed by atoms with Crippen LogP contribution in [0.15, 0.2) is 77.2 Å². The molecule has 1 aliphatic heterocycles. The zero-order valence-electron chi connectivity index (χ0n) is 20.8. The summed E-state index contributed by atoms with van der Waals surface area (Å²) in [6.07, 6.45) is -0.658. The Bertz CT molecular complexity index is 1580. The summed E-state index contributed by atoms with van der Waals surface area (Å²) in [5.41, 5.74) is 8.24. The number of primary amides is 1. The van der Waals surface area contributed by atoms with E-state index in [2.05, 4.69) is 6.58 Å². The van der Waals surface area contributed by atoms with E-state index in [9.17, 15) is 27.2 Å². The molecule has 0 unspecified atom stereocenters. The third-order valence-corrected chi connectivity index (χ3v) is 6.82. The van der Waals surface area contributed by atoms with Gasteiger partial charge in [0.05, 0.1) is 0 Å². The highest BCUT2D eigenvalue weighted by atomic mass is 19.3. The van der Waals surface area contributed by atoms with Gasteiger partial charge in [0, 0.05) is 60.5 Å². The van der Waals surface area contributed by atoms with Crippen LogP contribution in [0, 0.1) is 11.6 Å². The summed E-state index contributed by atoms with van der Waals surface area (Å²) in [6, 6.07) is 15.1. The lowest BCUT2D eigenvalue weighted by Crippen LogP contribution is -2.42. The molecule has 2 amide bonds. The summed E-state index contributed by atoms with van der Waals surface area (Å²) in [5.74, 6) is -4.85. The van der Waals surface area contributed by atoms with Crippen molar-refractivity contribution in [2.24, 2.45) is 5.73 Å². The lowest BCUT2D eigenvalue weighted by molar-refractivity contribution is -0.114. The molecule has 2 heterocycles. The quantitative estimate of drug-likeness (QED) is 0.226. The normalized spacial score (nSPS) is 14.9. The molecule has 4 aromatic rings.